The van der Waals surface area contributed by atoms with Crippen LogP contribution >= 0.6 is 11.6 Å². The second-order valence-corrected chi connectivity index (χ2v) is 6.62. The third-order valence-electron chi connectivity index (χ3n) is 4.31. The first-order valence-corrected chi connectivity index (χ1v) is 8.72. The first kappa shape index (κ1) is 18.4. The van der Waals surface area contributed by atoms with Crippen LogP contribution in [0.25, 0.3) is 0 Å². The van der Waals surface area contributed by atoms with E-state index in [1.54, 1.807) is 43.3 Å². The summed E-state index contributed by atoms with van der Waals surface area (Å²) in [4.78, 5) is 24.5. The second-order valence-electron chi connectivity index (χ2n) is 6.18. The Morgan fingerprint density at radius 2 is 1.92 bits per heavy atom. The predicted molar refractivity (Wildman–Crippen MR) is 98.8 cm³/mol. The Morgan fingerprint density at radius 1 is 1.19 bits per heavy atom. The quantitative estimate of drug-likeness (QED) is 0.769. The van der Waals surface area contributed by atoms with Crippen molar-refractivity contribution in [2.24, 2.45) is 0 Å². The van der Waals surface area contributed by atoms with Gasteiger partial charge in [0.15, 0.2) is 0 Å². The molecule has 0 fully saturated rings. The van der Waals surface area contributed by atoms with Crippen LogP contribution in [0.3, 0.4) is 0 Å². The molecule has 2 aromatic rings. The van der Waals surface area contributed by atoms with Gasteiger partial charge in [-0.2, -0.15) is 0 Å². The van der Waals surface area contributed by atoms with Crippen LogP contribution in [0.4, 0.5) is 10.1 Å². The molecule has 5 nitrogen and oxygen atoms in total. The topological polar surface area (TPSA) is 70.2 Å². The van der Waals surface area contributed by atoms with Gasteiger partial charge < -0.3 is 16.0 Å². The molecule has 0 bridgehead atoms. The van der Waals surface area contributed by atoms with Crippen molar-refractivity contribution in [1.29, 1.82) is 0 Å². The number of anilines is 1. The van der Waals surface area contributed by atoms with Gasteiger partial charge in [0.25, 0.3) is 5.91 Å². The highest BCUT2D eigenvalue weighted by atomic mass is 35.5. The Hall–Kier alpha value is -2.44. The zero-order chi connectivity index (χ0) is 18.7. The SMILES string of the molecule is CC(NC(=O)c1ccc(Cl)cc1)C(=O)Nc1ccc2c(c1F)CCNC2. The van der Waals surface area contributed by atoms with E-state index in [-0.39, 0.29) is 5.69 Å². The van der Waals surface area contributed by atoms with Crippen LogP contribution in [0.1, 0.15) is 28.4 Å². The third kappa shape index (κ3) is 4.03. The highest BCUT2D eigenvalue weighted by molar-refractivity contribution is 6.30. The van der Waals surface area contributed by atoms with Gasteiger partial charge in [0.05, 0.1) is 5.69 Å². The Kier molecular flexibility index (Phi) is 5.54. The molecule has 0 spiro atoms. The highest BCUT2D eigenvalue weighted by Crippen LogP contribution is 2.24. The minimum atomic E-state index is -0.824. The number of rotatable bonds is 4. The first-order chi connectivity index (χ1) is 12.5. The van der Waals surface area contributed by atoms with Crippen LogP contribution in [-0.4, -0.2) is 24.4 Å². The minimum absolute atomic E-state index is 0.128. The molecule has 1 atom stereocenters. The zero-order valence-corrected chi connectivity index (χ0v) is 15.0. The maximum atomic E-state index is 14.6. The van der Waals surface area contributed by atoms with Crippen molar-refractivity contribution in [3.63, 3.8) is 0 Å². The molecule has 0 radical (unpaired) electrons. The van der Waals surface area contributed by atoms with E-state index in [1.165, 1.54) is 0 Å². The number of halogens is 2. The first-order valence-electron chi connectivity index (χ1n) is 8.34. The number of hydrogen-bond donors (Lipinski definition) is 3. The number of fused-ring (bicyclic) bond motifs is 1. The lowest BCUT2D eigenvalue weighted by molar-refractivity contribution is -0.117. The van der Waals surface area contributed by atoms with Crippen molar-refractivity contribution in [1.82, 2.24) is 10.6 Å². The van der Waals surface area contributed by atoms with E-state index in [9.17, 15) is 14.0 Å². The summed E-state index contributed by atoms with van der Waals surface area (Å²) in [5, 5.41) is 8.84. The van der Waals surface area contributed by atoms with E-state index in [2.05, 4.69) is 16.0 Å². The summed E-state index contributed by atoms with van der Waals surface area (Å²) in [6, 6.07) is 8.86. The van der Waals surface area contributed by atoms with Crippen molar-refractivity contribution in [3.8, 4) is 0 Å². The van der Waals surface area contributed by atoms with Gasteiger partial charge >= 0.3 is 0 Å². The van der Waals surface area contributed by atoms with Gasteiger partial charge in [-0.25, -0.2) is 4.39 Å². The fourth-order valence-electron chi connectivity index (χ4n) is 2.82. The predicted octanol–water partition coefficient (Wildman–Crippen LogP) is 2.88. The highest BCUT2D eigenvalue weighted by Gasteiger charge is 2.21. The molecule has 1 aliphatic rings. The molecule has 2 amide bonds. The lowest BCUT2D eigenvalue weighted by Crippen LogP contribution is -2.41. The maximum Gasteiger partial charge on any atom is 0.251 e. The van der Waals surface area contributed by atoms with Crippen LogP contribution in [-0.2, 0) is 17.8 Å². The largest absolute Gasteiger partial charge is 0.341 e. The molecular formula is C19H19ClFN3O2. The summed E-state index contributed by atoms with van der Waals surface area (Å²) in [5.41, 5.74) is 2.04. The summed E-state index contributed by atoms with van der Waals surface area (Å²) in [7, 11) is 0. The fraction of sp³-hybridized carbons (Fsp3) is 0.263. The molecule has 1 aliphatic heterocycles. The molecule has 0 aliphatic carbocycles. The molecule has 7 heteroatoms. The Labute approximate surface area is 155 Å². The molecule has 1 unspecified atom stereocenters. The van der Waals surface area contributed by atoms with Gasteiger partial charge in [0.2, 0.25) is 5.91 Å². The Balaban J connectivity index is 1.66. The number of hydrogen-bond acceptors (Lipinski definition) is 3. The number of carbonyl (C=O) groups excluding carboxylic acids is 2. The molecule has 1 heterocycles. The van der Waals surface area contributed by atoms with E-state index in [4.69, 9.17) is 11.6 Å². The van der Waals surface area contributed by atoms with Gasteiger partial charge in [-0.1, -0.05) is 17.7 Å². The average molecular weight is 376 g/mol. The van der Waals surface area contributed by atoms with Crippen molar-refractivity contribution in [2.45, 2.75) is 25.9 Å². The Bertz CT molecular complexity index is 839. The van der Waals surface area contributed by atoms with Crippen molar-refractivity contribution >= 4 is 29.1 Å². The van der Waals surface area contributed by atoms with Gasteiger partial charge in [-0.15, -0.1) is 0 Å². The van der Waals surface area contributed by atoms with Crippen molar-refractivity contribution < 1.29 is 14.0 Å². The zero-order valence-electron chi connectivity index (χ0n) is 14.2. The van der Waals surface area contributed by atoms with E-state index in [1.807, 2.05) is 0 Å². The normalized spacial score (nSPS) is 14.3. The lowest BCUT2D eigenvalue weighted by atomic mass is 9.99. The van der Waals surface area contributed by atoms with Gasteiger partial charge in [-0.3, -0.25) is 9.59 Å². The Morgan fingerprint density at radius 3 is 2.65 bits per heavy atom. The molecule has 2 aromatic carbocycles. The molecule has 136 valence electrons. The van der Waals surface area contributed by atoms with Gasteiger partial charge in [0, 0.05) is 17.1 Å². The summed E-state index contributed by atoms with van der Waals surface area (Å²) < 4.78 is 14.6. The molecule has 3 rings (SSSR count). The fourth-order valence-corrected chi connectivity index (χ4v) is 2.94. The van der Waals surface area contributed by atoms with Gasteiger partial charge in [-0.05, 0) is 61.3 Å². The summed E-state index contributed by atoms with van der Waals surface area (Å²) in [5.74, 6) is -1.30. The van der Waals surface area contributed by atoms with Crippen LogP contribution in [0.5, 0.6) is 0 Å². The third-order valence-corrected chi connectivity index (χ3v) is 4.56. The molecule has 0 saturated heterocycles. The molecule has 3 N–H and O–H groups in total. The van der Waals surface area contributed by atoms with Crippen LogP contribution in [0, 0.1) is 5.82 Å². The monoisotopic (exact) mass is 375 g/mol. The van der Waals surface area contributed by atoms with Crippen molar-refractivity contribution in [3.05, 3.63) is 63.9 Å². The number of nitrogens with one attached hydrogen (secondary N) is 3. The molecule has 0 saturated carbocycles. The van der Waals surface area contributed by atoms with Crippen LogP contribution in [0.15, 0.2) is 36.4 Å². The number of benzene rings is 2. The van der Waals surface area contributed by atoms with Crippen LogP contribution in [0.2, 0.25) is 5.02 Å². The van der Waals surface area contributed by atoms with E-state index < -0.39 is 23.7 Å². The second kappa shape index (κ2) is 7.85. The maximum absolute atomic E-state index is 14.6. The number of amides is 2. The molecule has 0 aromatic heterocycles. The summed E-state index contributed by atoms with van der Waals surface area (Å²) in [6.07, 6.45) is 0.577. The van der Waals surface area contributed by atoms with E-state index in [0.717, 1.165) is 5.56 Å². The summed E-state index contributed by atoms with van der Waals surface area (Å²) in [6.45, 7) is 2.87. The molecule has 26 heavy (non-hydrogen) atoms. The van der Waals surface area contributed by atoms with Gasteiger partial charge in [0.1, 0.15) is 11.9 Å². The number of carbonyl (C=O) groups is 2. The van der Waals surface area contributed by atoms with E-state index >= 15 is 0 Å². The molecular weight excluding hydrogens is 357 g/mol. The van der Waals surface area contributed by atoms with E-state index in [0.29, 0.717) is 35.7 Å². The van der Waals surface area contributed by atoms with Crippen LogP contribution < -0.4 is 16.0 Å². The summed E-state index contributed by atoms with van der Waals surface area (Å²) >= 11 is 5.79. The minimum Gasteiger partial charge on any atom is -0.341 e. The van der Waals surface area contributed by atoms with Crippen molar-refractivity contribution in [2.75, 3.05) is 11.9 Å². The smallest absolute Gasteiger partial charge is 0.251 e. The lowest BCUT2D eigenvalue weighted by Gasteiger charge is -2.20. The average Bonchev–Trinajstić information content (AvgIpc) is 2.64. The standard InChI is InChI=1S/C19H19ClFN3O2/c1-11(23-19(26)12-2-5-14(20)6-3-12)18(25)24-16-7-4-13-10-22-9-8-15(13)17(16)21/h2-7,11,22H,8-10H2,1H3,(H,23,26)(H,24,25).